The summed E-state index contributed by atoms with van der Waals surface area (Å²) in [4.78, 5) is 23.5. The number of hydrogen-bond acceptors (Lipinski definition) is 7. The Morgan fingerprint density at radius 2 is 1.94 bits per heavy atom. The van der Waals surface area contributed by atoms with Gasteiger partial charge in [-0.05, 0) is 77.9 Å². The Morgan fingerprint density at radius 1 is 1.24 bits per heavy atom. The number of hydrogen-bond donors (Lipinski definition) is 2. The minimum absolute atomic E-state index is 0. The van der Waals surface area contributed by atoms with Gasteiger partial charge in [0.25, 0.3) is 0 Å². The summed E-state index contributed by atoms with van der Waals surface area (Å²) >= 11 is 5.17. The van der Waals surface area contributed by atoms with E-state index in [0.29, 0.717) is 35.5 Å². The van der Waals surface area contributed by atoms with Crippen LogP contribution in [0.1, 0.15) is 67.6 Å². The van der Waals surface area contributed by atoms with Gasteiger partial charge in [0.05, 0.1) is 18.3 Å². The minimum Gasteiger partial charge on any atom is -0.550 e. The second kappa shape index (κ2) is 15.2. The fourth-order valence-electron chi connectivity index (χ4n) is 3.47. The van der Waals surface area contributed by atoms with Crippen LogP contribution in [0.2, 0.25) is 0 Å². The summed E-state index contributed by atoms with van der Waals surface area (Å²) in [6.45, 7) is 5.59. The van der Waals surface area contributed by atoms with Crippen molar-refractivity contribution in [1.29, 1.82) is 0 Å². The fourth-order valence-corrected chi connectivity index (χ4v) is 5.06. The quantitative estimate of drug-likeness (QED) is 0.166. The molecule has 0 spiro atoms. The van der Waals surface area contributed by atoms with E-state index >= 15 is 0 Å². The number of carboxylic acid groups (broad SMARTS) is 1. The number of phenolic OH excluding ortho intramolecular Hbond substituents is 1. The van der Waals surface area contributed by atoms with Crippen LogP contribution in [0.25, 0.3) is 0 Å². The molecule has 0 bridgehead atoms. The molecular weight excluding hydrogens is 531 g/mol. The topological polar surface area (TPSA) is 107 Å². The number of ether oxygens (including phenoxy) is 1. The zero-order valence-electron chi connectivity index (χ0n) is 20.1. The summed E-state index contributed by atoms with van der Waals surface area (Å²) in [5.74, 6) is -0.389. The van der Waals surface area contributed by atoms with Gasteiger partial charge in [-0.1, -0.05) is 26.3 Å². The van der Waals surface area contributed by atoms with Gasteiger partial charge >= 0.3 is 29.6 Å². The van der Waals surface area contributed by atoms with Crippen molar-refractivity contribution in [2.24, 2.45) is 5.92 Å². The molecule has 0 aliphatic heterocycles. The first-order valence-electron chi connectivity index (χ1n) is 10.9. The van der Waals surface area contributed by atoms with Gasteiger partial charge in [-0.2, -0.15) is 0 Å². The van der Waals surface area contributed by atoms with Crippen molar-refractivity contribution in [1.82, 2.24) is 0 Å². The normalized spacial score (nSPS) is 12.5. The molecule has 0 saturated carbocycles. The van der Waals surface area contributed by atoms with E-state index < -0.39 is 18.0 Å². The summed E-state index contributed by atoms with van der Waals surface area (Å²) in [5.41, 5.74) is 1.64. The Hall–Kier alpha value is -1.03. The standard InChI is InChI=1S/C25H31BrO6S.Na/c1-4-6-19-21(9-8-18(16(3)27)25(19)31)32-11-5-12-33-22-10-7-17(14-20(22)26)24(30)15(2)13-23(28)29;/h7-10,14-15,24,30-31H,4-6,11-13H2,1-3H3,(H,28,29);/q;+1/p-1. The van der Waals surface area contributed by atoms with E-state index in [0.717, 1.165) is 28.0 Å². The van der Waals surface area contributed by atoms with Crippen molar-refractivity contribution >= 4 is 39.4 Å². The number of thioether (sulfide) groups is 1. The SMILES string of the molecule is CCCc1c(OCCCSc2ccc(C(O)C(C)CC(=O)[O-])cc2Br)ccc(C(C)=O)c1O.[Na+]. The average molecular weight is 561 g/mol. The maximum Gasteiger partial charge on any atom is 1.00 e. The van der Waals surface area contributed by atoms with Crippen LogP contribution in [-0.2, 0) is 11.2 Å². The van der Waals surface area contributed by atoms with Crippen molar-refractivity contribution in [2.75, 3.05) is 12.4 Å². The molecule has 0 heterocycles. The van der Waals surface area contributed by atoms with Crippen molar-refractivity contribution < 1.29 is 59.2 Å². The number of Topliss-reactive ketones (excluding diaryl/α,β-unsaturated/α-hetero) is 1. The molecule has 0 amide bonds. The van der Waals surface area contributed by atoms with Gasteiger partial charge in [0.2, 0.25) is 0 Å². The molecule has 0 saturated heterocycles. The number of aliphatic hydroxyl groups excluding tert-OH is 1. The predicted octanol–water partition coefficient (Wildman–Crippen LogP) is 1.68. The van der Waals surface area contributed by atoms with Crippen LogP contribution in [0.3, 0.4) is 0 Å². The molecule has 2 rings (SSSR count). The van der Waals surface area contributed by atoms with E-state index in [-0.39, 0.29) is 47.5 Å². The molecule has 2 aromatic carbocycles. The van der Waals surface area contributed by atoms with Gasteiger partial charge in [0, 0.05) is 26.7 Å². The Morgan fingerprint density at radius 3 is 2.53 bits per heavy atom. The molecule has 2 unspecified atom stereocenters. The molecule has 0 aliphatic rings. The number of rotatable bonds is 13. The second-order valence-electron chi connectivity index (χ2n) is 7.98. The molecule has 2 N–H and O–H groups in total. The first kappa shape index (κ1) is 31.0. The molecule has 180 valence electrons. The largest absolute Gasteiger partial charge is 1.00 e. The molecule has 0 aliphatic carbocycles. The maximum atomic E-state index is 11.7. The number of aromatic hydroxyl groups is 1. The van der Waals surface area contributed by atoms with Crippen molar-refractivity contribution in [2.45, 2.75) is 57.5 Å². The first-order valence-corrected chi connectivity index (χ1v) is 12.7. The molecule has 2 aromatic rings. The molecule has 0 fully saturated rings. The molecule has 9 heteroatoms. The number of carbonyl (C=O) groups excluding carboxylic acids is 2. The van der Waals surface area contributed by atoms with Crippen LogP contribution in [-0.4, -0.2) is 34.3 Å². The number of aliphatic hydroxyl groups is 1. The summed E-state index contributed by atoms with van der Waals surface area (Å²) in [5, 5.41) is 31.6. The summed E-state index contributed by atoms with van der Waals surface area (Å²) < 4.78 is 6.73. The van der Waals surface area contributed by atoms with Crippen molar-refractivity contribution in [3.63, 3.8) is 0 Å². The third-order valence-electron chi connectivity index (χ3n) is 5.25. The Kier molecular flexibility index (Phi) is 13.8. The van der Waals surface area contributed by atoms with Crippen LogP contribution in [0.4, 0.5) is 0 Å². The number of ketones is 1. The van der Waals surface area contributed by atoms with Gasteiger partial charge < -0.3 is 24.9 Å². The van der Waals surface area contributed by atoms with Crippen molar-refractivity contribution in [3.8, 4) is 11.5 Å². The molecular formula is C25H30BrNaO6S. The zero-order valence-corrected chi connectivity index (χ0v) is 24.5. The van der Waals surface area contributed by atoms with Gasteiger partial charge in [-0.15, -0.1) is 11.8 Å². The third kappa shape index (κ3) is 8.88. The van der Waals surface area contributed by atoms with Gasteiger partial charge in [-0.3, -0.25) is 4.79 Å². The van der Waals surface area contributed by atoms with Gasteiger partial charge in [0.15, 0.2) is 5.78 Å². The smallest absolute Gasteiger partial charge is 0.550 e. The second-order valence-corrected chi connectivity index (χ2v) is 9.97. The predicted molar refractivity (Wildman–Crippen MR) is 131 cm³/mol. The number of carboxylic acids is 1. The van der Waals surface area contributed by atoms with Gasteiger partial charge in [-0.25, -0.2) is 0 Å². The van der Waals surface area contributed by atoms with E-state index in [4.69, 9.17) is 4.74 Å². The number of phenols is 1. The minimum atomic E-state index is -1.18. The first-order chi connectivity index (χ1) is 15.6. The average Bonchev–Trinajstić information content (AvgIpc) is 2.75. The Bertz CT molecular complexity index is 984. The Balaban J connectivity index is 0.00000578. The maximum absolute atomic E-state index is 11.7. The van der Waals surface area contributed by atoms with Crippen LogP contribution in [0, 0.1) is 5.92 Å². The van der Waals surface area contributed by atoms with E-state index in [2.05, 4.69) is 15.9 Å². The number of carbonyl (C=O) groups is 2. The van der Waals surface area contributed by atoms with Crippen LogP contribution < -0.4 is 39.4 Å². The van der Waals surface area contributed by atoms with Crippen molar-refractivity contribution in [3.05, 3.63) is 51.5 Å². The number of benzene rings is 2. The number of halogens is 1. The zero-order chi connectivity index (χ0) is 24.5. The fraction of sp³-hybridized carbons (Fsp3) is 0.440. The number of aliphatic carboxylic acids is 1. The third-order valence-corrected chi connectivity index (χ3v) is 7.33. The van der Waals surface area contributed by atoms with Gasteiger partial charge in [0.1, 0.15) is 11.5 Å². The van der Waals surface area contributed by atoms with Crippen LogP contribution in [0.5, 0.6) is 11.5 Å². The molecule has 0 aromatic heterocycles. The van der Waals surface area contributed by atoms with E-state index in [1.165, 1.54) is 6.92 Å². The summed E-state index contributed by atoms with van der Waals surface area (Å²) in [6.07, 6.45) is 1.14. The van der Waals surface area contributed by atoms with E-state index in [1.807, 2.05) is 19.1 Å². The Labute approximate surface area is 235 Å². The summed E-state index contributed by atoms with van der Waals surface area (Å²) in [6, 6.07) is 8.86. The van der Waals surface area contributed by atoms with Crippen LogP contribution >= 0.6 is 27.7 Å². The molecule has 0 radical (unpaired) electrons. The molecule has 2 atom stereocenters. The monoisotopic (exact) mass is 560 g/mol. The van der Waals surface area contributed by atoms with E-state index in [9.17, 15) is 24.9 Å². The molecule has 34 heavy (non-hydrogen) atoms. The molecule has 6 nitrogen and oxygen atoms in total. The van der Waals surface area contributed by atoms with Crippen LogP contribution in [0.15, 0.2) is 39.7 Å². The summed E-state index contributed by atoms with van der Waals surface area (Å²) in [7, 11) is 0. The van der Waals surface area contributed by atoms with E-state index in [1.54, 1.807) is 36.9 Å².